The summed E-state index contributed by atoms with van der Waals surface area (Å²) in [5, 5.41) is 17.3. The number of urea groups is 1. The van der Waals surface area contributed by atoms with E-state index in [2.05, 4.69) is 46.0 Å². The molecule has 0 aromatic carbocycles. The van der Waals surface area contributed by atoms with E-state index in [9.17, 15) is 22.8 Å². The van der Waals surface area contributed by atoms with Crippen molar-refractivity contribution in [1.82, 2.24) is 40.7 Å². The molecule has 282 valence electrons. The molecule has 4 heterocycles. The molecule has 1 atom stereocenters. The summed E-state index contributed by atoms with van der Waals surface area (Å²) in [6, 6.07) is 1.87. The molecule has 0 saturated heterocycles. The number of thiazole rings is 1. The Labute approximate surface area is 303 Å². The predicted octanol–water partition coefficient (Wildman–Crippen LogP) is 7.42. The van der Waals surface area contributed by atoms with Gasteiger partial charge >= 0.3 is 18.3 Å². The fraction of sp³-hybridized carbons (Fsp3) is 0.500. The second kappa shape index (κ2) is 17.1. The Morgan fingerprint density at radius 2 is 1.73 bits per heavy atom. The van der Waals surface area contributed by atoms with Crippen molar-refractivity contribution >= 4 is 29.3 Å². The fourth-order valence-electron chi connectivity index (χ4n) is 4.88. The number of nitrogens with one attached hydrogen (secondary N) is 3. The average molecular weight is 748 g/mol. The van der Waals surface area contributed by atoms with Gasteiger partial charge in [0.05, 0.1) is 5.56 Å². The Balaban J connectivity index is 1.82. The molecule has 0 aliphatic carbocycles. The number of hydrogen-bond donors (Lipinski definition) is 3. The monoisotopic (exact) mass is 747 g/mol. The quantitative estimate of drug-likeness (QED) is 0.117. The van der Waals surface area contributed by atoms with Gasteiger partial charge in [-0.15, -0.1) is 21.5 Å². The number of amides is 3. The number of carbonyl (C=O) groups excluding carboxylic acids is 2. The molecule has 0 aliphatic rings. The molecular formula is C34H44F3N9O5S. The van der Waals surface area contributed by atoms with Gasteiger partial charge in [0.15, 0.2) is 5.69 Å². The molecule has 18 heteroatoms. The Bertz CT molecular complexity index is 1820. The topological polar surface area (TPSA) is 170 Å². The molecule has 52 heavy (non-hydrogen) atoms. The zero-order valence-electron chi connectivity index (χ0n) is 30.3. The van der Waals surface area contributed by atoms with E-state index in [1.165, 1.54) is 18.5 Å². The minimum atomic E-state index is -4.67. The van der Waals surface area contributed by atoms with Gasteiger partial charge in [0.2, 0.25) is 17.7 Å². The lowest BCUT2D eigenvalue weighted by Gasteiger charge is -2.23. The number of nitrogens with zero attached hydrogens (tertiary/aromatic N) is 6. The number of alkyl halides is 3. The van der Waals surface area contributed by atoms with Crippen LogP contribution in [0.1, 0.15) is 73.0 Å². The van der Waals surface area contributed by atoms with Gasteiger partial charge in [0, 0.05) is 47.6 Å². The Morgan fingerprint density at radius 1 is 1.00 bits per heavy atom. The highest BCUT2D eigenvalue weighted by Crippen LogP contribution is 2.42. The SMILES string of the molecule is CCNC(=O)Nc1cc(-c2nc(C(F)(F)F)cs2)c(-c2cc(-c3nnc(C(NC(=O)OC(C)(C)C)C(C)C)o3)cnc2OCCN(CC)CC)cn1. The summed E-state index contributed by atoms with van der Waals surface area (Å²) in [5.74, 6) is 0.286. The first-order valence-corrected chi connectivity index (χ1v) is 17.7. The van der Waals surface area contributed by atoms with Crippen LogP contribution in [0.15, 0.2) is 34.3 Å². The molecule has 3 amide bonds. The fourth-order valence-corrected chi connectivity index (χ4v) is 5.73. The van der Waals surface area contributed by atoms with Gasteiger partial charge in [0.1, 0.15) is 29.1 Å². The van der Waals surface area contributed by atoms with Crippen molar-refractivity contribution in [2.24, 2.45) is 5.92 Å². The van der Waals surface area contributed by atoms with Crippen LogP contribution in [-0.4, -0.2) is 80.6 Å². The molecule has 0 aliphatic heterocycles. The third kappa shape index (κ3) is 10.6. The number of rotatable bonds is 14. The van der Waals surface area contributed by atoms with E-state index >= 15 is 0 Å². The highest BCUT2D eigenvalue weighted by atomic mass is 32.1. The molecule has 0 spiro atoms. The summed E-state index contributed by atoms with van der Waals surface area (Å²) in [6.45, 7) is 17.6. The Hall–Kier alpha value is -4.84. The highest BCUT2D eigenvalue weighted by molar-refractivity contribution is 7.13. The minimum absolute atomic E-state index is 0.0243. The molecule has 4 aromatic heterocycles. The van der Waals surface area contributed by atoms with Gasteiger partial charge in [0.25, 0.3) is 0 Å². The van der Waals surface area contributed by atoms with Crippen LogP contribution in [0.5, 0.6) is 5.88 Å². The van der Waals surface area contributed by atoms with E-state index < -0.39 is 35.6 Å². The molecule has 4 rings (SSSR count). The number of pyridine rings is 2. The first kappa shape index (κ1) is 39.9. The van der Waals surface area contributed by atoms with Gasteiger partial charge in [-0.05, 0) is 58.8 Å². The second-order valence-electron chi connectivity index (χ2n) is 12.9. The van der Waals surface area contributed by atoms with Crippen LogP contribution < -0.4 is 20.7 Å². The van der Waals surface area contributed by atoms with Crippen LogP contribution in [0.3, 0.4) is 0 Å². The largest absolute Gasteiger partial charge is 0.476 e. The molecule has 0 bridgehead atoms. The summed E-state index contributed by atoms with van der Waals surface area (Å²) < 4.78 is 58.7. The molecule has 3 N–H and O–H groups in total. The van der Waals surface area contributed by atoms with Crippen LogP contribution in [0.25, 0.3) is 33.2 Å². The first-order valence-electron chi connectivity index (χ1n) is 16.8. The number of alkyl carbamates (subject to hydrolysis) is 1. The zero-order valence-corrected chi connectivity index (χ0v) is 31.2. The van der Waals surface area contributed by atoms with Crippen LogP contribution in [-0.2, 0) is 10.9 Å². The van der Waals surface area contributed by atoms with Crippen molar-refractivity contribution in [2.45, 2.75) is 73.2 Å². The van der Waals surface area contributed by atoms with Crippen LogP contribution in [0.2, 0.25) is 0 Å². The van der Waals surface area contributed by atoms with Gasteiger partial charge < -0.3 is 29.4 Å². The maximum Gasteiger partial charge on any atom is 0.434 e. The van der Waals surface area contributed by atoms with Crippen molar-refractivity contribution in [2.75, 3.05) is 38.1 Å². The lowest BCUT2D eigenvalue weighted by Crippen LogP contribution is -2.37. The maximum atomic E-state index is 13.7. The molecule has 0 saturated carbocycles. The molecule has 1 unspecified atom stereocenters. The van der Waals surface area contributed by atoms with E-state index in [1.807, 2.05) is 27.7 Å². The van der Waals surface area contributed by atoms with E-state index in [0.717, 1.165) is 29.8 Å². The zero-order chi connectivity index (χ0) is 38.2. The van der Waals surface area contributed by atoms with Gasteiger partial charge in [-0.1, -0.05) is 27.7 Å². The highest BCUT2D eigenvalue weighted by Gasteiger charge is 2.34. The van der Waals surface area contributed by atoms with Crippen LogP contribution in [0, 0.1) is 5.92 Å². The van der Waals surface area contributed by atoms with E-state index in [0.29, 0.717) is 29.8 Å². The number of ether oxygens (including phenoxy) is 2. The number of carbonyl (C=O) groups is 2. The predicted molar refractivity (Wildman–Crippen MR) is 190 cm³/mol. The number of anilines is 1. The maximum absolute atomic E-state index is 13.7. The molecule has 0 fully saturated rings. The van der Waals surface area contributed by atoms with Crippen molar-refractivity contribution in [3.63, 3.8) is 0 Å². The van der Waals surface area contributed by atoms with Crippen molar-refractivity contribution in [1.29, 1.82) is 0 Å². The summed E-state index contributed by atoms with van der Waals surface area (Å²) in [4.78, 5) is 39.9. The second-order valence-corrected chi connectivity index (χ2v) is 13.8. The lowest BCUT2D eigenvalue weighted by atomic mass is 10.0. The van der Waals surface area contributed by atoms with Crippen LogP contribution >= 0.6 is 11.3 Å². The number of likely N-dealkylation sites (N-methyl/N-ethyl adjacent to an activating group) is 1. The molecule has 4 aromatic rings. The third-order valence-corrected chi connectivity index (χ3v) is 8.36. The Kier molecular flexibility index (Phi) is 13.1. The summed E-state index contributed by atoms with van der Waals surface area (Å²) in [5.41, 5.74) is -0.519. The normalized spacial score (nSPS) is 12.6. The molecule has 0 radical (unpaired) electrons. The smallest absolute Gasteiger partial charge is 0.434 e. The van der Waals surface area contributed by atoms with Crippen molar-refractivity contribution < 1.29 is 36.7 Å². The summed E-state index contributed by atoms with van der Waals surface area (Å²) in [7, 11) is 0. The Morgan fingerprint density at radius 3 is 2.35 bits per heavy atom. The van der Waals surface area contributed by atoms with E-state index in [-0.39, 0.29) is 46.6 Å². The number of hydrogen-bond acceptors (Lipinski definition) is 12. The summed E-state index contributed by atoms with van der Waals surface area (Å²) >= 11 is 0.787. The van der Waals surface area contributed by atoms with E-state index in [1.54, 1.807) is 33.8 Å². The van der Waals surface area contributed by atoms with Gasteiger partial charge in [-0.3, -0.25) is 5.32 Å². The van der Waals surface area contributed by atoms with Crippen molar-refractivity contribution in [3.8, 4) is 39.0 Å². The summed E-state index contributed by atoms with van der Waals surface area (Å²) in [6.07, 6.45) is -2.45. The standard InChI is InChI=1S/C34H44F3N9O5S/c1-9-38-31(47)42-25-15-22(30-41-24(18-52-30)34(35,36)37)23(17-39-25)21-14-20(16-40-28(21)49-13-12-46(10-2)11-3)27-44-45-29(50-27)26(19(4)5)43-32(48)51-33(6,7)8/h14-19,26H,9-13H2,1-8H3,(H,43,48)(H2,38,39,42,47). The van der Waals surface area contributed by atoms with Crippen LogP contribution in [0.4, 0.5) is 28.6 Å². The van der Waals surface area contributed by atoms with Crippen molar-refractivity contribution in [3.05, 3.63) is 41.5 Å². The van der Waals surface area contributed by atoms with Gasteiger partial charge in [-0.2, -0.15) is 13.2 Å². The molecule has 14 nitrogen and oxygen atoms in total. The van der Waals surface area contributed by atoms with Gasteiger partial charge in [-0.25, -0.2) is 24.5 Å². The number of aromatic nitrogens is 5. The van der Waals surface area contributed by atoms with E-state index in [4.69, 9.17) is 13.9 Å². The average Bonchev–Trinajstić information content (AvgIpc) is 3.76. The first-order chi connectivity index (χ1) is 24.5. The lowest BCUT2D eigenvalue weighted by molar-refractivity contribution is -0.140. The minimum Gasteiger partial charge on any atom is -0.476 e. The molecular weight excluding hydrogens is 703 g/mol. The third-order valence-electron chi connectivity index (χ3n) is 7.48. The number of halogens is 3.